The number of nitro benzene ring substituents is 1. The van der Waals surface area contributed by atoms with Crippen LogP contribution in [0.1, 0.15) is 18.9 Å². The molecule has 0 saturated carbocycles. The van der Waals surface area contributed by atoms with Gasteiger partial charge in [0.25, 0.3) is 15.7 Å². The van der Waals surface area contributed by atoms with Crippen molar-refractivity contribution < 1.29 is 23.2 Å². The van der Waals surface area contributed by atoms with Gasteiger partial charge in [-0.25, -0.2) is 8.42 Å². The van der Waals surface area contributed by atoms with Gasteiger partial charge in [0.1, 0.15) is 17.2 Å². The number of rotatable bonds is 9. The van der Waals surface area contributed by atoms with Crippen LogP contribution in [0.25, 0.3) is 0 Å². The predicted molar refractivity (Wildman–Crippen MR) is 125 cm³/mol. The Morgan fingerprint density at radius 3 is 2.42 bits per heavy atom. The number of hydrogen-bond donors (Lipinski definition) is 3. The van der Waals surface area contributed by atoms with E-state index in [1.165, 1.54) is 37.4 Å². The molecular weight excluding hydrogens is 448 g/mol. The van der Waals surface area contributed by atoms with Crippen LogP contribution in [0, 0.1) is 10.1 Å². The van der Waals surface area contributed by atoms with E-state index < -0.39 is 20.6 Å². The van der Waals surface area contributed by atoms with Gasteiger partial charge in [0.15, 0.2) is 0 Å². The van der Waals surface area contributed by atoms with Crippen LogP contribution in [0.5, 0.6) is 11.5 Å². The lowest BCUT2D eigenvalue weighted by Gasteiger charge is -2.12. The van der Waals surface area contributed by atoms with Crippen molar-refractivity contribution in [3.05, 3.63) is 82.4 Å². The van der Waals surface area contributed by atoms with Gasteiger partial charge in [0.2, 0.25) is 0 Å². The number of sulfonamides is 1. The van der Waals surface area contributed by atoms with Gasteiger partial charge >= 0.3 is 0 Å². The Labute approximate surface area is 190 Å². The Kier molecular flexibility index (Phi) is 7.13. The van der Waals surface area contributed by atoms with Gasteiger partial charge in [-0.3, -0.25) is 20.3 Å². The number of hydrazone groups is 1. The fourth-order valence-electron chi connectivity index (χ4n) is 2.99. The fraction of sp³-hybridized carbons (Fsp3) is 0.136. The monoisotopic (exact) mass is 470 g/mol. The van der Waals surface area contributed by atoms with Gasteiger partial charge in [-0.15, -0.1) is 0 Å². The molecule has 172 valence electrons. The second-order valence-corrected chi connectivity index (χ2v) is 8.49. The molecule has 0 saturated heterocycles. The van der Waals surface area contributed by atoms with Gasteiger partial charge in [-0.1, -0.05) is 19.1 Å². The minimum absolute atomic E-state index is 0.0287. The first-order valence-electron chi connectivity index (χ1n) is 9.81. The summed E-state index contributed by atoms with van der Waals surface area (Å²) in [7, 11) is -2.72. The minimum Gasteiger partial charge on any atom is -0.508 e. The molecule has 0 radical (unpaired) electrons. The van der Waals surface area contributed by atoms with E-state index in [-0.39, 0.29) is 22.0 Å². The average molecular weight is 471 g/mol. The standard InChI is InChI=1S/C22H22N4O6S/c1-3-18(15-8-10-16(27)11-9-15)23-24-19-13-12-17(14-21(19)26(28)29)33(30,31)25-20-6-4-5-7-22(20)32-2/h4-14,24-25,27H,3H2,1-2H3/b23-18+. The van der Waals surface area contributed by atoms with Crippen LogP contribution in [0.2, 0.25) is 0 Å². The smallest absolute Gasteiger partial charge is 0.295 e. The summed E-state index contributed by atoms with van der Waals surface area (Å²) in [4.78, 5) is 10.7. The molecule has 3 aromatic rings. The van der Waals surface area contributed by atoms with Gasteiger partial charge in [0, 0.05) is 6.07 Å². The number of ether oxygens (including phenoxy) is 1. The summed E-state index contributed by atoms with van der Waals surface area (Å²) in [5.41, 5.74) is 3.76. The quantitative estimate of drug-likeness (QED) is 0.240. The first-order chi connectivity index (χ1) is 15.7. The lowest BCUT2D eigenvalue weighted by molar-refractivity contribution is -0.384. The van der Waals surface area contributed by atoms with Crippen LogP contribution in [0.4, 0.5) is 17.1 Å². The van der Waals surface area contributed by atoms with Crippen molar-refractivity contribution in [3.8, 4) is 11.5 Å². The molecule has 0 fully saturated rings. The van der Waals surface area contributed by atoms with E-state index in [1.54, 1.807) is 30.3 Å². The molecule has 10 nitrogen and oxygen atoms in total. The van der Waals surface area contributed by atoms with E-state index in [1.807, 2.05) is 6.92 Å². The van der Waals surface area contributed by atoms with Crippen molar-refractivity contribution in [1.82, 2.24) is 0 Å². The molecule has 3 rings (SSSR count). The predicted octanol–water partition coefficient (Wildman–Crippen LogP) is 4.34. The highest BCUT2D eigenvalue weighted by atomic mass is 32.2. The summed E-state index contributed by atoms with van der Waals surface area (Å²) < 4.78 is 33.2. The summed E-state index contributed by atoms with van der Waals surface area (Å²) in [6.07, 6.45) is 0.515. The lowest BCUT2D eigenvalue weighted by atomic mass is 10.1. The van der Waals surface area contributed by atoms with Gasteiger partial charge in [0.05, 0.1) is 28.3 Å². The number of nitro groups is 1. The van der Waals surface area contributed by atoms with Gasteiger partial charge < -0.3 is 9.84 Å². The minimum atomic E-state index is -4.12. The zero-order chi connectivity index (χ0) is 24.0. The van der Waals surface area contributed by atoms with Crippen molar-refractivity contribution in [3.63, 3.8) is 0 Å². The Balaban J connectivity index is 1.91. The molecule has 3 N–H and O–H groups in total. The maximum Gasteiger partial charge on any atom is 0.295 e. The van der Waals surface area contributed by atoms with Crippen molar-refractivity contribution in [2.45, 2.75) is 18.2 Å². The number of aromatic hydroxyl groups is 1. The number of nitrogens with one attached hydrogen (secondary N) is 2. The summed E-state index contributed by atoms with van der Waals surface area (Å²) in [6.45, 7) is 1.86. The third-order valence-corrected chi connectivity index (χ3v) is 6.04. The summed E-state index contributed by atoms with van der Waals surface area (Å²) in [5, 5.41) is 25.3. The number of nitrogens with zero attached hydrogens (tertiary/aromatic N) is 2. The highest BCUT2D eigenvalue weighted by molar-refractivity contribution is 7.92. The molecule has 0 heterocycles. The van der Waals surface area contributed by atoms with Crippen LogP contribution >= 0.6 is 0 Å². The summed E-state index contributed by atoms with van der Waals surface area (Å²) in [6, 6.07) is 16.3. The molecule has 0 aromatic heterocycles. The van der Waals surface area contributed by atoms with E-state index in [4.69, 9.17) is 4.74 Å². The Morgan fingerprint density at radius 1 is 1.09 bits per heavy atom. The van der Waals surface area contributed by atoms with Crippen molar-refractivity contribution in [2.24, 2.45) is 5.10 Å². The number of methoxy groups -OCH3 is 1. The second-order valence-electron chi connectivity index (χ2n) is 6.81. The second kappa shape index (κ2) is 10.0. The molecular formula is C22H22N4O6S. The molecule has 0 spiro atoms. The third kappa shape index (κ3) is 5.57. The van der Waals surface area contributed by atoms with Crippen molar-refractivity contribution in [1.29, 1.82) is 0 Å². The first kappa shape index (κ1) is 23.5. The number of hydrogen-bond acceptors (Lipinski definition) is 8. The molecule has 11 heteroatoms. The molecule has 0 amide bonds. The number of para-hydroxylation sites is 2. The lowest BCUT2D eigenvalue weighted by Crippen LogP contribution is -2.14. The summed E-state index contributed by atoms with van der Waals surface area (Å²) >= 11 is 0. The van der Waals surface area contributed by atoms with E-state index in [9.17, 15) is 23.6 Å². The maximum absolute atomic E-state index is 12.8. The van der Waals surface area contributed by atoms with E-state index in [0.717, 1.165) is 11.6 Å². The highest BCUT2D eigenvalue weighted by Gasteiger charge is 2.22. The Morgan fingerprint density at radius 2 is 1.79 bits per heavy atom. The SMILES string of the molecule is CC/C(=N\Nc1ccc(S(=O)(=O)Nc2ccccc2OC)cc1[N+](=O)[O-])c1ccc(O)cc1. The Hall–Kier alpha value is -4.12. The molecule has 0 aliphatic rings. The number of phenols is 1. The molecule has 0 aliphatic carbocycles. The summed E-state index contributed by atoms with van der Waals surface area (Å²) in [5.74, 6) is 0.417. The average Bonchev–Trinajstić information content (AvgIpc) is 2.80. The normalized spacial score (nSPS) is 11.6. The molecule has 0 aliphatic heterocycles. The topological polar surface area (TPSA) is 143 Å². The van der Waals surface area contributed by atoms with Crippen molar-refractivity contribution in [2.75, 3.05) is 17.3 Å². The zero-order valence-corrected chi connectivity index (χ0v) is 18.7. The largest absolute Gasteiger partial charge is 0.508 e. The van der Waals surface area contributed by atoms with Crippen LogP contribution in [-0.4, -0.2) is 31.3 Å². The molecule has 3 aromatic carbocycles. The maximum atomic E-state index is 12.8. The molecule has 33 heavy (non-hydrogen) atoms. The van der Waals surface area contributed by atoms with Crippen molar-refractivity contribution >= 4 is 32.8 Å². The third-order valence-electron chi connectivity index (χ3n) is 4.67. The van der Waals surface area contributed by atoms with Crippen LogP contribution in [0.3, 0.4) is 0 Å². The highest BCUT2D eigenvalue weighted by Crippen LogP contribution is 2.31. The zero-order valence-electron chi connectivity index (χ0n) is 17.8. The van der Waals surface area contributed by atoms with Crippen LogP contribution < -0.4 is 14.9 Å². The Bertz CT molecular complexity index is 1290. The van der Waals surface area contributed by atoms with E-state index in [0.29, 0.717) is 17.9 Å². The number of anilines is 2. The molecule has 0 bridgehead atoms. The van der Waals surface area contributed by atoms with Gasteiger partial charge in [-0.2, -0.15) is 5.10 Å². The number of benzene rings is 3. The van der Waals surface area contributed by atoms with E-state index >= 15 is 0 Å². The number of phenolic OH excluding ortho intramolecular Hbond substituents is 1. The van der Waals surface area contributed by atoms with E-state index in [2.05, 4.69) is 15.2 Å². The fourth-order valence-corrected chi connectivity index (χ4v) is 4.08. The molecule has 0 atom stereocenters. The van der Waals surface area contributed by atoms with Crippen LogP contribution in [0.15, 0.2) is 76.7 Å². The van der Waals surface area contributed by atoms with Crippen LogP contribution in [-0.2, 0) is 10.0 Å². The molecule has 0 unspecified atom stereocenters. The van der Waals surface area contributed by atoms with Gasteiger partial charge in [-0.05, 0) is 60.5 Å². The first-order valence-corrected chi connectivity index (χ1v) is 11.3.